The molecule has 0 spiro atoms. The van der Waals surface area contributed by atoms with Crippen molar-refractivity contribution in [3.05, 3.63) is 24.2 Å². The summed E-state index contributed by atoms with van der Waals surface area (Å²) in [5.74, 6) is 1.22. The van der Waals surface area contributed by atoms with Gasteiger partial charge in [-0.05, 0) is 26.0 Å². The molecule has 0 N–H and O–H groups in total. The Bertz CT molecular complexity index is 497. The summed E-state index contributed by atoms with van der Waals surface area (Å²) in [7, 11) is 0. The van der Waals surface area contributed by atoms with Gasteiger partial charge in [-0.2, -0.15) is 0 Å². The lowest BCUT2D eigenvalue weighted by molar-refractivity contribution is 0.0642. The van der Waals surface area contributed by atoms with Crippen molar-refractivity contribution in [3.8, 4) is 0 Å². The molecule has 17 heavy (non-hydrogen) atoms. The second-order valence-electron chi connectivity index (χ2n) is 3.88. The highest BCUT2D eigenvalue weighted by atomic mass is 35.5. The van der Waals surface area contributed by atoms with Crippen molar-refractivity contribution in [3.63, 3.8) is 0 Å². The Hall–Kier alpha value is -1.13. The van der Waals surface area contributed by atoms with Crippen LogP contribution >= 0.6 is 11.6 Å². The summed E-state index contributed by atoms with van der Waals surface area (Å²) in [4.78, 5) is 8.81. The molecule has 2 aromatic heterocycles. The zero-order valence-electron chi connectivity index (χ0n) is 10.1. The third kappa shape index (κ3) is 2.58. The molecule has 5 heteroatoms. The number of nitrogens with zero attached hydrogens (tertiary/aromatic N) is 3. The summed E-state index contributed by atoms with van der Waals surface area (Å²) < 4.78 is 7.57. The summed E-state index contributed by atoms with van der Waals surface area (Å²) in [6, 6.07) is 3.82. The maximum absolute atomic E-state index is 5.91. The van der Waals surface area contributed by atoms with E-state index >= 15 is 0 Å². The molecule has 0 bridgehead atoms. The number of ether oxygens (including phenoxy) is 1. The van der Waals surface area contributed by atoms with Gasteiger partial charge in [0.05, 0.1) is 18.5 Å². The highest BCUT2D eigenvalue weighted by Crippen LogP contribution is 2.16. The van der Waals surface area contributed by atoms with E-state index in [9.17, 15) is 0 Å². The lowest BCUT2D eigenvalue weighted by atomic mass is 10.4. The first-order valence-electron chi connectivity index (χ1n) is 5.74. The smallest absolute Gasteiger partial charge is 0.160 e. The van der Waals surface area contributed by atoms with E-state index in [1.807, 2.05) is 30.5 Å². The summed E-state index contributed by atoms with van der Waals surface area (Å²) in [5.41, 5.74) is 1.75. The van der Waals surface area contributed by atoms with Crippen molar-refractivity contribution in [2.45, 2.75) is 32.4 Å². The van der Waals surface area contributed by atoms with E-state index in [1.165, 1.54) is 0 Å². The minimum atomic E-state index is 0.126. The molecule has 0 aliphatic heterocycles. The number of aromatic nitrogens is 3. The van der Waals surface area contributed by atoms with Gasteiger partial charge < -0.3 is 9.30 Å². The molecule has 2 aromatic rings. The van der Waals surface area contributed by atoms with E-state index in [0.717, 1.165) is 23.5 Å². The minimum Gasteiger partial charge on any atom is -0.377 e. The molecule has 0 aromatic carbocycles. The Morgan fingerprint density at radius 2 is 2.35 bits per heavy atom. The lowest BCUT2D eigenvalue weighted by Gasteiger charge is -2.14. The van der Waals surface area contributed by atoms with Gasteiger partial charge in [0, 0.05) is 12.8 Å². The number of hydrogen-bond acceptors (Lipinski definition) is 3. The summed E-state index contributed by atoms with van der Waals surface area (Å²) in [6.07, 6.45) is 1.89. The maximum Gasteiger partial charge on any atom is 0.160 e. The van der Waals surface area contributed by atoms with Gasteiger partial charge in [-0.3, -0.25) is 0 Å². The van der Waals surface area contributed by atoms with Gasteiger partial charge in [0.15, 0.2) is 5.65 Å². The second-order valence-corrected chi connectivity index (χ2v) is 4.15. The van der Waals surface area contributed by atoms with Crippen molar-refractivity contribution in [2.75, 3.05) is 6.61 Å². The number of fused-ring (bicyclic) bond motifs is 1. The van der Waals surface area contributed by atoms with E-state index in [1.54, 1.807) is 6.20 Å². The molecule has 0 fully saturated rings. The first-order valence-corrected chi connectivity index (χ1v) is 6.27. The first-order chi connectivity index (χ1) is 8.26. The Labute approximate surface area is 106 Å². The predicted molar refractivity (Wildman–Crippen MR) is 68.2 cm³/mol. The van der Waals surface area contributed by atoms with E-state index in [4.69, 9.17) is 16.3 Å². The first kappa shape index (κ1) is 12.3. The Morgan fingerprint density at radius 1 is 1.53 bits per heavy atom. The molecule has 0 aliphatic rings. The number of imidazole rings is 1. The van der Waals surface area contributed by atoms with Crippen molar-refractivity contribution >= 4 is 22.8 Å². The zero-order valence-corrected chi connectivity index (χ0v) is 10.8. The van der Waals surface area contributed by atoms with Crippen LogP contribution in [0.3, 0.4) is 0 Å². The van der Waals surface area contributed by atoms with Gasteiger partial charge in [0.25, 0.3) is 0 Å². The molecule has 0 aliphatic carbocycles. The van der Waals surface area contributed by atoms with Gasteiger partial charge in [-0.25, -0.2) is 9.97 Å². The quantitative estimate of drug-likeness (QED) is 0.769. The molecular formula is C12H16ClN3O. The molecule has 0 radical (unpaired) electrons. The molecule has 4 nitrogen and oxygen atoms in total. The number of pyridine rings is 1. The standard InChI is InChI=1S/C12H16ClN3O/c1-3-17-9(2)8-16-11(7-13)15-10-5-4-6-14-12(10)16/h4-6,9H,3,7-8H2,1-2H3. The number of halogens is 1. The van der Waals surface area contributed by atoms with E-state index in [0.29, 0.717) is 12.5 Å². The average molecular weight is 254 g/mol. The van der Waals surface area contributed by atoms with E-state index in [2.05, 4.69) is 9.97 Å². The molecule has 0 saturated carbocycles. The van der Waals surface area contributed by atoms with E-state index < -0.39 is 0 Å². The Balaban J connectivity index is 2.36. The van der Waals surface area contributed by atoms with Crippen LogP contribution < -0.4 is 0 Å². The van der Waals surface area contributed by atoms with Crippen molar-refractivity contribution in [1.29, 1.82) is 0 Å². The largest absolute Gasteiger partial charge is 0.377 e. The maximum atomic E-state index is 5.91. The lowest BCUT2D eigenvalue weighted by Crippen LogP contribution is -2.18. The van der Waals surface area contributed by atoms with Crippen molar-refractivity contribution in [1.82, 2.24) is 14.5 Å². The van der Waals surface area contributed by atoms with Crippen molar-refractivity contribution < 1.29 is 4.74 Å². The molecule has 92 valence electrons. The number of alkyl halides is 1. The fraction of sp³-hybridized carbons (Fsp3) is 0.500. The summed E-state index contributed by atoms with van der Waals surface area (Å²) in [6.45, 7) is 5.46. The highest BCUT2D eigenvalue weighted by Gasteiger charge is 2.13. The average Bonchev–Trinajstić information content (AvgIpc) is 2.68. The van der Waals surface area contributed by atoms with Crippen LogP contribution in [0.2, 0.25) is 0 Å². The summed E-state index contributed by atoms with van der Waals surface area (Å²) >= 11 is 5.91. The second kappa shape index (κ2) is 5.47. The fourth-order valence-corrected chi connectivity index (χ4v) is 2.10. The van der Waals surface area contributed by atoms with Gasteiger partial charge in [-0.15, -0.1) is 11.6 Å². The normalized spacial score (nSPS) is 13.1. The molecular weight excluding hydrogens is 238 g/mol. The SMILES string of the molecule is CCOC(C)Cn1c(CCl)nc2cccnc21. The van der Waals surface area contributed by atoms with Crippen LogP contribution in [-0.4, -0.2) is 27.2 Å². The topological polar surface area (TPSA) is 39.9 Å². The third-order valence-corrected chi connectivity index (χ3v) is 2.83. The molecule has 2 heterocycles. The van der Waals surface area contributed by atoms with Crippen LogP contribution in [0, 0.1) is 0 Å². The van der Waals surface area contributed by atoms with Crippen LogP contribution in [0.4, 0.5) is 0 Å². The summed E-state index contributed by atoms with van der Waals surface area (Å²) in [5, 5.41) is 0. The van der Waals surface area contributed by atoms with Crippen LogP contribution in [-0.2, 0) is 17.2 Å². The van der Waals surface area contributed by atoms with Gasteiger partial charge >= 0.3 is 0 Å². The van der Waals surface area contributed by atoms with E-state index in [-0.39, 0.29) is 6.10 Å². The van der Waals surface area contributed by atoms with Crippen LogP contribution in [0.15, 0.2) is 18.3 Å². The van der Waals surface area contributed by atoms with Crippen LogP contribution in [0.25, 0.3) is 11.2 Å². The highest BCUT2D eigenvalue weighted by molar-refractivity contribution is 6.16. The monoisotopic (exact) mass is 253 g/mol. The van der Waals surface area contributed by atoms with Gasteiger partial charge in [-0.1, -0.05) is 0 Å². The molecule has 1 atom stereocenters. The molecule has 0 amide bonds. The fourth-order valence-electron chi connectivity index (χ4n) is 1.89. The van der Waals surface area contributed by atoms with Crippen LogP contribution in [0.1, 0.15) is 19.7 Å². The van der Waals surface area contributed by atoms with Crippen LogP contribution in [0.5, 0.6) is 0 Å². The molecule has 0 saturated heterocycles. The van der Waals surface area contributed by atoms with Gasteiger partial charge in [0.1, 0.15) is 11.3 Å². The minimum absolute atomic E-state index is 0.126. The van der Waals surface area contributed by atoms with Crippen molar-refractivity contribution in [2.24, 2.45) is 0 Å². The zero-order chi connectivity index (χ0) is 12.3. The Morgan fingerprint density at radius 3 is 3.06 bits per heavy atom. The number of hydrogen-bond donors (Lipinski definition) is 0. The van der Waals surface area contributed by atoms with Gasteiger partial charge in [0.2, 0.25) is 0 Å². The molecule has 1 unspecified atom stereocenters. The number of rotatable bonds is 5. The predicted octanol–water partition coefficient (Wildman–Crippen LogP) is 2.60. The molecule has 2 rings (SSSR count). The Kier molecular flexibility index (Phi) is 3.97. The third-order valence-electron chi connectivity index (χ3n) is 2.59.